The normalized spacial score (nSPS) is 32.5. The van der Waals surface area contributed by atoms with E-state index in [0.717, 1.165) is 22.1 Å². The molecule has 2 aliphatic carbocycles. The Morgan fingerprint density at radius 3 is 2.67 bits per heavy atom. The lowest BCUT2D eigenvalue weighted by atomic mass is 10.2. The molecule has 0 aromatic heterocycles. The molecule has 0 spiro atoms. The van der Waals surface area contributed by atoms with Crippen LogP contribution in [0.25, 0.3) is 0 Å². The zero-order chi connectivity index (χ0) is 10.4. The van der Waals surface area contributed by atoms with E-state index in [2.05, 4.69) is 56.7 Å². The molecule has 0 saturated heterocycles. The van der Waals surface area contributed by atoms with Gasteiger partial charge in [-0.3, -0.25) is 0 Å². The smallest absolute Gasteiger partial charge is 0.134 e. The molecule has 0 N–H and O–H groups in total. The van der Waals surface area contributed by atoms with Crippen molar-refractivity contribution >= 4 is 38.5 Å². The first-order valence-electron chi connectivity index (χ1n) is 5.34. The zero-order valence-electron chi connectivity index (χ0n) is 8.25. The first kappa shape index (κ1) is 10.4. The van der Waals surface area contributed by atoms with Gasteiger partial charge in [0, 0.05) is 3.57 Å². The Bertz CT molecular complexity index is 383. The maximum Gasteiger partial charge on any atom is 0.134 e. The van der Waals surface area contributed by atoms with Crippen LogP contribution < -0.4 is 4.74 Å². The molecule has 3 rings (SSSR count). The Kier molecular flexibility index (Phi) is 2.71. The largest absolute Gasteiger partial charge is 0.489 e. The van der Waals surface area contributed by atoms with Gasteiger partial charge in [-0.25, -0.2) is 0 Å². The van der Waals surface area contributed by atoms with Crippen molar-refractivity contribution < 1.29 is 4.74 Å². The monoisotopic (exact) mass is 378 g/mol. The van der Waals surface area contributed by atoms with Gasteiger partial charge in [0.05, 0.1) is 10.6 Å². The van der Waals surface area contributed by atoms with Crippen LogP contribution in [0, 0.1) is 15.4 Å². The van der Waals surface area contributed by atoms with Crippen LogP contribution in [-0.4, -0.2) is 6.10 Å². The summed E-state index contributed by atoms with van der Waals surface area (Å²) in [4.78, 5) is 0. The fourth-order valence-corrected chi connectivity index (χ4v) is 3.31. The van der Waals surface area contributed by atoms with Crippen LogP contribution in [0.1, 0.15) is 19.3 Å². The summed E-state index contributed by atoms with van der Waals surface area (Å²) in [7, 11) is 0. The fraction of sp³-hybridized carbons (Fsp3) is 0.500. The zero-order valence-corrected chi connectivity index (χ0v) is 12.0. The molecule has 0 aliphatic heterocycles. The molecule has 1 nitrogen and oxygen atoms in total. The quantitative estimate of drug-likeness (QED) is 0.699. The topological polar surface area (TPSA) is 9.23 Å². The van der Waals surface area contributed by atoms with E-state index in [9.17, 15) is 0 Å². The van der Waals surface area contributed by atoms with Crippen molar-refractivity contribution in [3.05, 3.63) is 26.2 Å². The third kappa shape index (κ3) is 2.18. The van der Waals surface area contributed by atoms with Crippen LogP contribution >= 0.6 is 38.5 Å². The minimum Gasteiger partial charge on any atom is -0.489 e. The summed E-state index contributed by atoms with van der Waals surface area (Å²) in [5.74, 6) is 2.97. The second-order valence-corrected chi connectivity index (χ2v) is 6.64. The molecule has 0 bridgehead atoms. The van der Waals surface area contributed by atoms with E-state index in [4.69, 9.17) is 4.74 Å². The van der Waals surface area contributed by atoms with Gasteiger partial charge in [0.25, 0.3) is 0 Å². The van der Waals surface area contributed by atoms with Gasteiger partial charge in [-0.05, 0) is 87.8 Å². The van der Waals surface area contributed by atoms with Crippen LogP contribution in [0.5, 0.6) is 5.75 Å². The molecule has 2 unspecified atom stereocenters. The summed E-state index contributed by atoms with van der Waals surface area (Å²) >= 11 is 5.86. The first-order valence-corrected chi connectivity index (χ1v) is 7.21. The van der Waals surface area contributed by atoms with E-state index in [-0.39, 0.29) is 0 Å². The van der Waals surface area contributed by atoms with Crippen LogP contribution in [-0.2, 0) is 0 Å². The SMILES string of the molecule is Brc1ccc(I)cc1OC1CC2CC2C1. The van der Waals surface area contributed by atoms with Crippen LogP contribution in [0.2, 0.25) is 0 Å². The molecule has 0 heterocycles. The van der Waals surface area contributed by atoms with Gasteiger partial charge in [-0.1, -0.05) is 0 Å². The van der Waals surface area contributed by atoms with Crippen LogP contribution in [0.3, 0.4) is 0 Å². The van der Waals surface area contributed by atoms with E-state index in [1.54, 1.807) is 0 Å². The van der Waals surface area contributed by atoms with Gasteiger partial charge in [0.2, 0.25) is 0 Å². The average molecular weight is 379 g/mol. The maximum absolute atomic E-state index is 6.04. The van der Waals surface area contributed by atoms with Crippen molar-refractivity contribution in [1.82, 2.24) is 0 Å². The van der Waals surface area contributed by atoms with Crippen LogP contribution in [0.4, 0.5) is 0 Å². The Balaban J connectivity index is 1.73. The predicted octanol–water partition coefficient (Wildman–Crippen LogP) is 4.23. The maximum atomic E-state index is 6.04. The van der Waals surface area contributed by atoms with Gasteiger partial charge in [0.1, 0.15) is 5.75 Å². The minimum absolute atomic E-state index is 0.461. The Hall–Kier alpha value is 0.230. The van der Waals surface area contributed by atoms with Gasteiger partial charge < -0.3 is 4.74 Å². The van der Waals surface area contributed by atoms with Gasteiger partial charge in [0.15, 0.2) is 0 Å². The Morgan fingerprint density at radius 1 is 1.20 bits per heavy atom. The summed E-state index contributed by atoms with van der Waals surface area (Å²) in [6.07, 6.45) is 4.45. The molecule has 2 saturated carbocycles. The molecular formula is C12H12BrIO. The number of fused-ring (bicyclic) bond motifs is 1. The summed E-state index contributed by atoms with van der Waals surface area (Å²) in [5, 5.41) is 0. The highest BCUT2D eigenvalue weighted by Crippen LogP contribution is 2.52. The van der Waals surface area contributed by atoms with Crippen molar-refractivity contribution in [3.63, 3.8) is 0 Å². The first-order chi connectivity index (χ1) is 7.22. The van der Waals surface area contributed by atoms with E-state index >= 15 is 0 Å². The highest BCUT2D eigenvalue weighted by Gasteiger charge is 2.46. The third-order valence-electron chi connectivity index (χ3n) is 3.39. The number of hydrogen-bond donors (Lipinski definition) is 0. The second-order valence-electron chi connectivity index (χ2n) is 4.54. The van der Waals surface area contributed by atoms with E-state index < -0.39 is 0 Å². The number of halogens is 2. The summed E-state index contributed by atoms with van der Waals surface area (Å²) in [6, 6.07) is 6.25. The van der Waals surface area contributed by atoms with Gasteiger partial charge >= 0.3 is 0 Å². The summed E-state index contributed by atoms with van der Waals surface area (Å²) in [6.45, 7) is 0. The lowest BCUT2D eigenvalue weighted by molar-refractivity contribution is 0.193. The Labute approximate surface area is 112 Å². The van der Waals surface area contributed by atoms with Crippen molar-refractivity contribution in [2.24, 2.45) is 11.8 Å². The fourth-order valence-electron chi connectivity index (χ4n) is 2.50. The van der Waals surface area contributed by atoms with E-state index in [1.165, 1.54) is 22.8 Å². The van der Waals surface area contributed by atoms with E-state index in [1.807, 2.05) is 0 Å². The minimum atomic E-state index is 0.461. The highest BCUT2D eigenvalue weighted by atomic mass is 127. The lowest BCUT2D eigenvalue weighted by Gasteiger charge is -2.16. The number of benzene rings is 1. The molecule has 15 heavy (non-hydrogen) atoms. The molecule has 2 fully saturated rings. The highest BCUT2D eigenvalue weighted by molar-refractivity contribution is 14.1. The van der Waals surface area contributed by atoms with Crippen molar-refractivity contribution in [1.29, 1.82) is 0 Å². The lowest BCUT2D eigenvalue weighted by Crippen LogP contribution is -2.14. The van der Waals surface area contributed by atoms with Gasteiger partial charge in [-0.2, -0.15) is 0 Å². The van der Waals surface area contributed by atoms with Crippen molar-refractivity contribution in [3.8, 4) is 5.75 Å². The Morgan fingerprint density at radius 2 is 1.93 bits per heavy atom. The van der Waals surface area contributed by atoms with E-state index in [0.29, 0.717) is 6.10 Å². The molecule has 1 aromatic carbocycles. The molecule has 0 amide bonds. The summed E-state index contributed by atoms with van der Waals surface area (Å²) in [5.41, 5.74) is 0. The molecule has 3 heteroatoms. The molecule has 0 radical (unpaired) electrons. The molecular weight excluding hydrogens is 367 g/mol. The number of hydrogen-bond acceptors (Lipinski definition) is 1. The number of ether oxygens (including phenoxy) is 1. The average Bonchev–Trinajstić information content (AvgIpc) is 2.81. The molecule has 1 aromatic rings. The second kappa shape index (κ2) is 3.91. The van der Waals surface area contributed by atoms with Crippen LogP contribution in [0.15, 0.2) is 22.7 Å². The third-order valence-corrected chi connectivity index (χ3v) is 4.71. The van der Waals surface area contributed by atoms with Crippen molar-refractivity contribution in [2.45, 2.75) is 25.4 Å². The van der Waals surface area contributed by atoms with Gasteiger partial charge in [-0.15, -0.1) is 0 Å². The standard InChI is InChI=1S/C12H12BrIO/c13-11-2-1-9(14)6-12(11)15-10-4-7-3-8(7)5-10/h1-2,6-8,10H,3-5H2. The molecule has 2 aliphatic rings. The summed E-state index contributed by atoms with van der Waals surface area (Å²) < 4.78 is 8.34. The predicted molar refractivity (Wildman–Crippen MR) is 72.1 cm³/mol. The number of rotatable bonds is 2. The van der Waals surface area contributed by atoms with Crippen molar-refractivity contribution in [2.75, 3.05) is 0 Å². The molecule has 80 valence electrons. The molecule has 2 atom stereocenters.